The van der Waals surface area contributed by atoms with Gasteiger partial charge in [-0.3, -0.25) is 0 Å². The summed E-state index contributed by atoms with van der Waals surface area (Å²) in [6.45, 7) is 12.9. The van der Waals surface area contributed by atoms with Gasteiger partial charge in [0.2, 0.25) is 0 Å². The van der Waals surface area contributed by atoms with E-state index in [1.807, 2.05) is 6.08 Å². The summed E-state index contributed by atoms with van der Waals surface area (Å²) in [6.07, 6.45) is 3.87. The van der Waals surface area contributed by atoms with Gasteiger partial charge in [-0.1, -0.05) is 84.1 Å². The first-order valence-electron chi connectivity index (χ1n) is 8.41. The normalized spacial score (nSPS) is 19.3. The molecular formula is C23H23Br. The third-order valence-electron chi connectivity index (χ3n) is 5.32. The maximum atomic E-state index is 4.40. The van der Waals surface area contributed by atoms with E-state index >= 15 is 0 Å². The summed E-state index contributed by atoms with van der Waals surface area (Å²) in [7, 11) is 0. The third kappa shape index (κ3) is 2.52. The van der Waals surface area contributed by atoms with Crippen LogP contribution in [0.1, 0.15) is 37.0 Å². The molecule has 3 rings (SSSR count). The lowest BCUT2D eigenvalue weighted by Gasteiger charge is -2.34. The molecule has 122 valence electrons. The molecule has 1 aliphatic carbocycles. The number of benzene rings is 2. The minimum Gasteiger partial charge on any atom is -0.0988 e. The van der Waals surface area contributed by atoms with E-state index < -0.39 is 0 Å². The standard InChI is InChI=1S/C23H23Br/c1-5-16(3)23(15-18-10-8-7-9-11-18)17(4)20(6-2)21-13-12-19(24)14-22(21)23/h5,7-14H,1,3,6,15H2,2,4H3. The van der Waals surface area contributed by atoms with Gasteiger partial charge < -0.3 is 0 Å². The van der Waals surface area contributed by atoms with E-state index in [1.165, 1.54) is 27.8 Å². The van der Waals surface area contributed by atoms with Crippen LogP contribution in [0.15, 0.2) is 83.4 Å². The lowest BCUT2D eigenvalue weighted by Crippen LogP contribution is -2.30. The molecule has 2 aromatic rings. The lowest BCUT2D eigenvalue weighted by molar-refractivity contribution is 0.611. The molecule has 0 aromatic heterocycles. The van der Waals surface area contributed by atoms with Crippen LogP contribution in [-0.2, 0) is 11.8 Å². The van der Waals surface area contributed by atoms with Crippen LogP contribution in [0.3, 0.4) is 0 Å². The van der Waals surface area contributed by atoms with Gasteiger partial charge in [0.05, 0.1) is 0 Å². The largest absolute Gasteiger partial charge is 0.0988 e. The van der Waals surface area contributed by atoms with E-state index in [9.17, 15) is 0 Å². The van der Waals surface area contributed by atoms with Crippen molar-refractivity contribution in [3.63, 3.8) is 0 Å². The average Bonchev–Trinajstić information content (AvgIpc) is 2.83. The molecule has 1 aliphatic rings. The van der Waals surface area contributed by atoms with Crippen LogP contribution in [0.25, 0.3) is 5.57 Å². The number of rotatable bonds is 5. The van der Waals surface area contributed by atoms with Gasteiger partial charge in [-0.15, -0.1) is 0 Å². The number of allylic oxidation sites excluding steroid dienone is 4. The van der Waals surface area contributed by atoms with E-state index in [1.54, 1.807) is 0 Å². The Morgan fingerprint density at radius 3 is 2.50 bits per heavy atom. The molecule has 1 unspecified atom stereocenters. The second-order valence-electron chi connectivity index (χ2n) is 6.44. The summed E-state index contributed by atoms with van der Waals surface area (Å²) in [5.74, 6) is 0. The first kappa shape index (κ1) is 17.0. The summed E-state index contributed by atoms with van der Waals surface area (Å²) in [4.78, 5) is 0. The molecule has 0 nitrogen and oxygen atoms in total. The second-order valence-corrected chi connectivity index (χ2v) is 7.36. The van der Waals surface area contributed by atoms with Crippen LogP contribution in [-0.4, -0.2) is 0 Å². The molecule has 0 saturated carbocycles. The monoisotopic (exact) mass is 378 g/mol. The molecule has 0 fully saturated rings. The fourth-order valence-corrected chi connectivity index (χ4v) is 4.44. The Hall–Kier alpha value is -1.86. The van der Waals surface area contributed by atoms with Crippen LogP contribution < -0.4 is 0 Å². The minimum absolute atomic E-state index is 0.201. The Morgan fingerprint density at radius 1 is 1.17 bits per heavy atom. The predicted octanol–water partition coefficient (Wildman–Crippen LogP) is 6.87. The highest BCUT2D eigenvalue weighted by atomic mass is 79.9. The van der Waals surface area contributed by atoms with Gasteiger partial charge in [-0.25, -0.2) is 0 Å². The summed E-state index contributed by atoms with van der Waals surface area (Å²) in [5, 5.41) is 0. The average molecular weight is 379 g/mol. The van der Waals surface area contributed by atoms with Crippen molar-refractivity contribution in [1.29, 1.82) is 0 Å². The second kappa shape index (κ2) is 6.57. The fraction of sp³-hybridized carbons (Fsp3) is 0.217. The summed E-state index contributed by atoms with van der Waals surface area (Å²) in [5.41, 5.74) is 7.75. The zero-order valence-corrected chi connectivity index (χ0v) is 16.0. The molecule has 2 aromatic carbocycles. The van der Waals surface area contributed by atoms with Crippen LogP contribution >= 0.6 is 15.9 Å². The van der Waals surface area contributed by atoms with Crippen LogP contribution in [0, 0.1) is 0 Å². The Balaban J connectivity index is 2.29. The van der Waals surface area contributed by atoms with Crippen molar-refractivity contribution in [2.45, 2.75) is 32.1 Å². The zero-order valence-electron chi connectivity index (χ0n) is 14.4. The fourth-order valence-electron chi connectivity index (χ4n) is 4.08. The molecule has 1 atom stereocenters. The van der Waals surface area contributed by atoms with Gasteiger partial charge in [0.15, 0.2) is 0 Å². The van der Waals surface area contributed by atoms with Gasteiger partial charge in [-0.05, 0) is 59.7 Å². The van der Waals surface area contributed by atoms with Crippen LogP contribution in [0.4, 0.5) is 0 Å². The topological polar surface area (TPSA) is 0 Å². The van der Waals surface area contributed by atoms with Crippen molar-refractivity contribution in [3.05, 3.63) is 100 Å². The number of hydrogen-bond donors (Lipinski definition) is 0. The van der Waals surface area contributed by atoms with Crippen molar-refractivity contribution in [2.75, 3.05) is 0 Å². The number of halogens is 1. The van der Waals surface area contributed by atoms with E-state index in [4.69, 9.17) is 0 Å². The maximum absolute atomic E-state index is 4.40. The van der Waals surface area contributed by atoms with Crippen molar-refractivity contribution < 1.29 is 0 Å². The smallest absolute Gasteiger partial charge is 0.0454 e. The van der Waals surface area contributed by atoms with E-state index in [0.717, 1.165) is 22.9 Å². The SMILES string of the molecule is C=CC(=C)C1(Cc2ccccc2)C(C)=C(CC)c2ccc(Br)cc21. The van der Waals surface area contributed by atoms with Gasteiger partial charge in [0, 0.05) is 9.89 Å². The Morgan fingerprint density at radius 2 is 1.88 bits per heavy atom. The molecular weight excluding hydrogens is 356 g/mol. The summed E-state index contributed by atoms with van der Waals surface area (Å²) in [6, 6.07) is 17.3. The van der Waals surface area contributed by atoms with E-state index in [0.29, 0.717) is 0 Å². The predicted molar refractivity (Wildman–Crippen MR) is 108 cm³/mol. The summed E-state index contributed by atoms with van der Waals surface area (Å²) >= 11 is 3.66. The number of hydrogen-bond acceptors (Lipinski definition) is 0. The Kier molecular flexibility index (Phi) is 4.64. The first-order valence-corrected chi connectivity index (χ1v) is 9.20. The van der Waals surface area contributed by atoms with Gasteiger partial charge in [0.25, 0.3) is 0 Å². The zero-order chi connectivity index (χ0) is 17.3. The molecule has 0 saturated heterocycles. The highest BCUT2D eigenvalue weighted by molar-refractivity contribution is 9.10. The molecule has 0 N–H and O–H groups in total. The molecule has 0 amide bonds. The van der Waals surface area contributed by atoms with Gasteiger partial charge in [0.1, 0.15) is 0 Å². The molecule has 24 heavy (non-hydrogen) atoms. The van der Waals surface area contributed by atoms with Crippen LogP contribution in [0.5, 0.6) is 0 Å². The lowest BCUT2D eigenvalue weighted by atomic mass is 9.68. The third-order valence-corrected chi connectivity index (χ3v) is 5.81. The van der Waals surface area contributed by atoms with Crippen molar-refractivity contribution in [1.82, 2.24) is 0 Å². The molecule has 0 heterocycles. The first-order chi connectivity index (χ1) is 11.5. The van der Waals surface area contributed by atoms with Crippen molar-refractivity contribution >= 4 is 21.5 Å². The minimum atomic E-state index is -0.201. The Labute approximate surface area is 153 Å². The van der Waals surface area contributed by atoms with Crippen LogP contribution in [0.2, 0.25) is 0 Å². The van der Waals surface area contributed by atoms with Crippen molar-refractivity contribution in [2.24, 2.45) is 0 Å². The van der Waals surface area contributed by atoms with E-state index in [2.05, 4.69) is 91.5 Å². The van der Waals surface area contributed by atoms with E-state index in [-0.39, 0.29) is 5.41 Å². The molecule has 0 bridgehead atoms. The molecule has 0 radical (unpaired) electrons. The number of fused-ring (bicyclic) bond motifs is 1. The molecule has 1 heteroatoms. The summed E-state index contributed by atoms with van der Waals surface area (Å²) < 4.78 is 1.11. The Bertz CT molecular complexity index is 826. The maximum Gasteiger partial charge on any atom is 0.0454 e. The highest BCUT2D eigenvalue weighted by Gasteiger charge is 2.43. The molecule has 0 spiro atoms. The highest BCUT2D eigenvalue weighted by Crippen LogP contribution is 2.53. The van der Waals surface area contributed by atoms with Crippen molar-refractivity contribution in [3.8, 4) is 0 Å². The van der Waals surface area contributed by atoms with Gasteiger partial charge >= 0.3 is 0 Å². The quantitative estimate of drug-likeness (QED) is 0.497. The van der Waals surface area contributed by atoms with Gasteiger partial charge in [-0.2, -0.15) is 0 Å². The molecule has 0 aliphatic heterocycles.